The summed E-state index contributed by atoms with van der Waals surface area (Å²) in [6.45, 7) is 2.74. The molecular weight excluding hydrogens is 436 g/mol. The van der Waals surface area contributed by atoms with Crippen LogP contribution in [-0.2, 0) is 6.54 Å². The van der Waals surface area contributed by atoms with Crippen molar-refractivity contribution in [3.63, 3.8) is 0 Å². The maximum absolute atomic E-state index is 12.8. The van der Waals surface area contributed by atoms with Crippen molar-refractivity contribution in [1.29, 1.82) is 0 Å². The summed E-state index contributed by atoms with van der Waals surface area (Å²) < 4.78 is 1.83. The molecule has 0 bridgehead atoms. The molecule has 32 heavy (non-hydrogen) atoms. The molecule has 174 valence electrons. The molecule has 1 heterocycles. The smallest absolute Gasteiger partial charge is 0.352 e. The van der Waals surface area contributed by atoms with Crippen LogP contribution in [0.15, 0.2) is 34.0 Å². The fourth-order valence-corrected chi connectivity index (χ4v) is 4.12. The number of amides is 1. The average Bonchev–Trinajstić information content (AvgIpc) is 3.01. The summed E-state index contributed by atoms with van der Waals surface area (Å²) in [6.07, 6.45) is 5.96. The predicted molar refractivity (Wildman–Crippen MR) is 120 cm³/mol. The zero-order valence-corrected chi connectivity index (χ0v) is 19.0. The van der Waals surface area contributed by atoms with Crippen molar-refractivity contribution in [3.05, 3.63) is 55.8 Å². The standard InChI is InChI=1S/C22H29ClN4O5/c1-22(2,32)13-26-18(28)12-24-27(21(26)31)15-9-10-17(23)16(11-15)20(30)25-19(29)14-7-5-3-4-6-8-14/h9-12,14,19,29,32H,3-8,13H2,1-2H3,(H,25,30). The molecule has 1 aliphatic rings. The molecule has 0 aliphatic heterocycles. The molecule has 1 atom stereocenters. The van der Waals surface area contributed by atoms with Gasteiger partial charge >= 0.3 is 5.69 Å². The number of nitrogens with one attached hydrogen (secondary N) is 1. The molecule has 10 heteroatoms. The van der Waals surface area contributed by atoms with Gasteiger partial charge < -0.3 is 15.5 Å². The number of nitrogens with zero attached hydrogens (tertiary/aromatic N) is 3. The summed E-state index contributed by atoms with van der Waals surface area (Å²) in [4.78, 5) is 37.7. The molecule has 1 fully saturated rings. The largest absolute Gasteiger partial charge is 0.389 e. The molecule has 1 aliphatic carbocycles. The fourth-order valence-electron chi connectivity index (χ4n) is 3.92. The van der Waals surface area contributed by atoms with Gasteiger partial charge in [-0.2, -0.15) is 9.78 Å². The Morgan fingerprint density at radius 2 is 1.91 bits per heavy atom. The SMILES string of the molecule is CC(C)(O)Cn1c(=O)cnn(-c2ccc(Cl)c(C(=O)NC(O)C3CCCCCC3)c2)c1=O. The van der Waals surface area contributed by atoms with Crippen LogP contribution in [0.1, 0.15) is 62.7 Å². The van der Waals surface area contributed by atoms with Crippen molar-refractivity contribution in [2.24, 2.45) is 5.92 Å². The number of aliphatic hydroxyl groups excluding tert-OH is 1. The van der Waals surface area contributed by atoms with Gasteiger partial charge in [-0.25, -0.2) is 4.79 Å². The van der Waals surface area contributed by atoms with Crippen molar-refractivity contribution in [1.82, 2.24) is 19.7 Å². The van der Waals surface area contributed by atoms with E-state index in [1.807, 2.05) is 0 Å². The van der Waals surface area contributed by atoms with Crippen LogP contribution in [0.2, 0.25) is 5.02 Å². The number of hydrogen-bond donors (Lipinski definition) is 3. The molecule has 1 unspecified atom stereocenters. The Bertz CT molecular complexity index is 1080. The molecule has 0 spiro atoms. The topological polar surface area (TPSA) is 126 Å². The van der Waals surface area contributed by atoms with Crippen LogP contribution in [-0.4, -0.2) is 42.3 Å². The Kier molecular flexibility index (Phi) is 7.53. The van der Waals surface area contributed by atoms with E-state index >= 15 is 0 Å². The second kappa shape index (κ2) is 9.97. The van der Waals surface area contributed by atoms with E-state index in [1.165, 1.54) is 32.0 Å². The van der Waals surface area contributed by atoms with Crippen LogP contribution in [0.4, 0.5) is 0 Å². The number of benzene rings is 1. The fraction of sp³-hybridized carbons (Fsp3) is 0.545. The molecule has 0 saturated heterocycles. The first kappa shape index (κ1) is 24.2. The predicted octanol–water partition coefficient (Wildman–Crippen LogP) is 1.84. The number of carbonyl (C=O) groups excluding carboxylic acids is 1. The number of halogens is 1. The van der Waals surface area contributed by atoms with Crippen molar-refractivity contribution >= 4 is 17.5 Å². The van der Waals surface area contributed by atoms with Crippen molar-refractivity contribution in [2.75, 3.05) is 0 Å². The molecule has 1 amide bonds. The molecular formula is C22H29ClN4O5. The third kappa shape index (κ3) is 5.85. The Labute approximate surface area is 190 Å². The summed E-state index contributed by atoms with van der Waals surface area (Å²) in [5, 5.41) is 27.2. The zero-order chi connectivity index (χ0) is 23.5. The maximum Gasteiger partial charge on any atom is 0.352 e. The first-order valence-corrected chi connectivity index (χ1v) is 11.1. The molecule has 0 radical (unpaired) electrons. The van der Waals surface area contributed by atoms with Crippen LogP contribution in [0.25, 0.3) is 5.69 Å². The highest BCUT2D eigenvalue weighted by Gasteiger charge is 2.24. The zero-order valence-electron chi connectivity index (χ0n) is 18.3. The molecule has 1 aromatic carbocycles. The van der Waals surface area contributed by atoms with E-state index in [1.54, 1.807) is 0 Å². The minimum atomic E-state index is -1.29. The third-order valence-corrected chi connectivity index (χ3v) is 5.90. The van der Waals surface area contributed by atoms with Crippen molar-refractivity contribution < 1.29 is 15.0 Å². The highest BCUT2D eigenvalue weighted by atomic mass is 35.5. The summed E-state index contributed by atoms with van der Waals surface area (Å²) in [7, 11) is 0. The molecule has 3 N–H and O–H groups in total. The number of rotatable bonds is 6. The Morgan fingerprint density at radius 1 is 1.25 bits per heavy atom. The van der Waals surface area contributed by atoms with Crippen LogP contribution in [0.5, 0.6) is 0 Å². The van der Waals surface area contributed by atoms with Gasteiger partial charge in [0.1, 0.15) is 12.4 Å². The second-order valence-electron chi connectivity index (χ2n) is 8.91. The van der Waals surface area contributed by atoms with Gasteiger partial charge in [0.15, 0.2) is 0 Å². The van der Waals surface area contributed by atoms with Gasteiger partial charge in [0, 0.05) is 5.92 Å². The van der Waals surface area contributed by atoms with Crippen LogP contribution in [0, 0.1) is 5.92 Å². The van der Waals surface area contributed by atoms with Crippen LogP contribution >= 0.6 is 11.6 Å². The molecule has 1 saturated carbocycles. The number of hydrogen-bond acceptors (Lipinski definition) is 6. The number of aromatic nitrogens is 3. The normalized spacial score (nSPS) is 16.4. The number of aliphatic hydroxyl groups is 2. The van der Waals surface area contributed by atoms with Crippen molar-refractivity contribution in [2.45, 2.75) is 70.7 Å². The average molecular weight is 465 g/mol. The first-order valence-electron chi connectivity index (χ1n) is 10.8. The van der Waals surface area contributed by atoms with E-state index in [4.69, 9.17) is 11.6 Å². The second-order valence-corrected chi connectivity index (χ2v) is 9.32. The lowest BCUT2D eigenvalue weighted by Gasteiger charge is -2.22. The first-order chi connectivity index (χ1) is 15.1. The lowest BCUT2D eigenvalue weighted by molar-refractivity contribution is 0.0531. The van der Waals surface area contributed by atoms with Gasteiger partial charge in [0.25, 0.3) is 11.5 Å². The van der Waals surface area contributed by atoms with Gasteiger partial charge in [-0.3, -0.25) is 14.2 Å². The lowest BCUT2D eigenvalue weighted by Crippen LogP contribution is -2.45. The highest BCUT2D eigenvalue weighted by molar-refractivity contribution is 6.33. The summed E-state index contributed by atoms with van der Waals surface area (Å²) in [6, 6.07) is 4.32. The van der Waals surface area contributed by atoms with Gasteiger partial charge in [0.2, 0.25) is 0 Å². The Balaban J connectivity index is 1.89. The van der Waals surface area contributed by atoms with E-state index in [-0.39, 0.29) is 28.7 Å². The van der Waals surface area contributed by atoms with Gasteiger partial charge in [-0.05, 0) is 44.9 Å². The monoisotopic (exact) mass is 464 g/mol. The minimum absolute atomic E-state index is 0.0157. The summed E-state index contributed by atoms with van der Waals surface area (Å²) in [5.41, 5.74) is -2.40. The highest BCUT2D eigenvalue weighted by Crippen LogP contribution is 2.25. The number of carbonyl (C=O) groups is 1. The summed E-state index contributed by atoms with van der Waals surface area (Å²) in [5.74, 6) is -0.579. The van der Waals surface area contributed by atoms with E-state index < -0.39 is 29.0 Å². The Hall–Kier alpha value is -2.49. The van der Waals surface area contributed by atoms with Gasteiger partial charge in [-0.15, -0.1) is 0 Å². The van der Waals surface area contributed by atoms with E-state index in [2.05, 4.69) is 10.4 Å². The minimum Gasteiger partial charge on any atom is -0.389 e. The molecule has 3 rings (SSSR count). The molecule has 2 aromatic rings. The third-order valence-electron chi connectivity index (χ3n) is 5.57. The van der Waals surface area contributed by atoms with Crippen molar-refractivity contribution in [3.8, 4) is 5.69 Å². The van der Waals surface area contributed by atoms with E-state index in [0.717, 1.165) is 54.0 Å². The molecule has 9 nitrogen and oxygen atoms in total. The quantitative estimate of drug-likeness (QED) is 0.442. The van der Waals surface area contributed by atoms with Gasteiger partial charge in [0.05, 0.1) is 28.4 Å². The van der Waals surface area contributed by atoms with Gasteiger partial charge in [-0.1, -0.05) is 37.3 Å². The Morgan fingerprint density at radius 3 is 2.53 bits per heavy atom. The van der Waals surface area contributed by atoms with Crippen LogP contribution in [0.3, 0.4) is 0 Å². The van der Waals surface area contributed by atoms with Crippen LogP contribution < -0.4 is 16.6 Å². The summed E-state index contributed by atoms with van der Waals surface area (Å²) >= 11 is 6.22. The lowest BCUT2D eigenvalue weighted by atomic mass is 9.98. The maximum atomic E-state index is 12.8. The van der Waals surface area contributed by atoms with E-state index in [0.29, 0.717) is 0 Å². The van der Waals surface area contributed by atoms with E-state index in [9.17, 15) is 24.6 Å². The molecule has 1 aromatic heterocycles.